The summed E-state index contributed by atoms with van der Waals surface area (Å²) in [4.78, 5) is 0.176. The van der Waals surface area contributed by atoms with Crippen LogP contribution in [0, 0.1) is 0 Å². The van der Waals surface area contributed by atoms with Gasteiger partial charge >= 0.3 is 5.51 Å². The zero-order valence-corrected chi connectivity index (χ0v) is 8.82. The Kier molecular flexibility index (Phi) is 4.01. The zero-order valence-electron chi connectivity index (χ0n) is 8.01. The van der Waals surface area contributed by atoms with Crippen LogP contribution in [0.5, 0.6) is 0 Å². The highest BCUT2D eigenvalue weighted by atomic mass is 32.2. The van der Waals surface area contributed by atoms with E-state index in [9.17, 15) is 13.2 Å². The van der Waals surface area contributed by atoms with Crippen molar-refractivity contribution in [2.24, 2.45) is 5.84 Å². The van der Waals surface area contributed by atoms with E-state index in [0.29, 0.717) is 0 Å². The molecule has 0 fully saturated rings. The molecule has 0 saturated carbocycles. The molecule has 0 radical (unpaired) electrons. The Balaban J connectivity index is 2.72. The maximum Gasteiger partial charge on any atom is 0.446 e. The van der Waals surface area contributed by atoms with Gasteiger partial charge in [0.1, 0.15) is 0 Å². The minimum absolute atomic E-state index is 0.0741. The lowest BCUT2D eigenvalue weighted by Gasteiger charge is -2.11. The van der Waals surface area contributed by atoms with Gasteiger partial charge in [-0.15, -0.1) is 0 Å². The summed E-state index contributed by atoms with van der Waals surface area (Å²) in [5.74, 6) is 5.21. The van der Waals surface area contributed by atoms with Crippen LogP contribution in [0.1, 0.15) is 18.5 Å². The Labute approximate surface area is 90.0 Å². The van der Waals surface area contributed by atoms with Gasteiger partial charge in [-0.2, -0.15) is 13.2 Å². The van der Waals surface area contributed by atoms with Crippen molar-refractivity contribution in [2.75, 3.05) is 0 Å². The van der Waals surface area contributed by atoms with Crippen molar-refractivity contribution in [3.05, 3.63) is 29.8 Å². The average Bonchev–Trinajstić information content (AvgIpc) is 2.15. The molecule has 1 aromatic rings. The van der Waals surface area contributed by atoms with Crippen molar-refractivity contribution < 1.29 is 13.2 Å². The quantitative estimate of drug-likeness (QED) is 0.481. The fourth-order valence-corrected chi connectivity index (χ4v) is 1.59. The van der Waals surface area contributed by atoms with Crippen molar-refractivity contribution in [1.82, 2.24) is 5.43 Å². The fourth-order valence-electron chi connectivity index (χ4n) is 1.05. The Morgan fingerprint density at radius 1 is 1.27 bits per heavy atom. The molecule has 15 heavy (non-hydrogen) atoms. The third kappa shape index (κ3) is 4.11. The lowest BCUT2D eigenvalue weighted by molar-refractivity contribution is -0.0328. The predicted molar refractivity (Wildman–Crippen MR) is 54.1 cm³/mol. The third-order valence-corrected chi connectivity index (χ3v) is 2.60. The molecular weight excluding hydrogens is 225 g/mol. The monoisotopic (exact) mass is 236 g/mol. The van der Waals surface area contributed by atoms with Gasteiger partial charge in [-0.1, -0.05) is 12.1 Å². The lowest BCUT2D eigenvalue weighted by atomic mass is 10.1. The molecule has 0 aliphatic heterocycles. The highest BCUT2D eigenvalue weighted by Gasteiger charge is 2.29. The molecule has 2 nitrogen and oxygen atoms in total. The van der Waals surface area contributed by atoms with E-state index < -0.39 is 5.51 Å². The summed E-state index contributed by atoms with van der Waals surface area (Å²) in [6.07, 6.45) is 0. The van der Waals surface area contributed by atoms with Crippen LogP contribution in [0.4, 0.5) is 13.2 Å². The summed E-state index contributed by atoms with van der Waals surface area (Å²) < 4.78 is 36.0. The van der Waals surface area contributed by atoms with Crippen molar-refractivity contribution in [3.8, 4) is 0 Å². The van der Waals surface area contributed by atoms with Gasteiger partial charge in [0.15, 0.2) is 0 Å². The number of nitrogens with one attached hydrogen (secondary N) is 1. The minimum atomic E-state index is -4.24. The van der Waals surface area contributed by atoms with Crippen LogP contribution < -0.4 is 11.3 Å². The average molecular weight is 236 g/mol. The second kappa shape index (κ2) is 4.87. The Bertz CT molecular complexity index is 310. The molecule has 0 spiro atoms. The second-order valence-corrected chi connectivity index (χ2v) is 4.14. The summed E-state index contributed by atoms with van der Waals surface area (Å²) in [6, 6.07) is 6.04. The number of hydrazine groups is 1. The molecule has 0 aromatic heterocycles. The fraction of sp³-hybridized carbons (Fsp3) is 0.333. The predicted octanol–water partition coefficient (Wildman–Crippen LogP) is 2.82. The number of alkyl halides is 3. The molecule has 0 unspecified atom stereocenters. The topological polar surface area (TPSA) is 38.0 Å². The van der Waals surface area contributed by atoms with E-state index in [1.165, 1.54) is 12.1 Å². The van der Waals surface area contributed by atoms with E-state index >= 15 is 0 Å². The number of benzene rings is 1. The molecular formula is C9H11F3N2S. The van der Waals surface area contributed by atoms with Crippen LogP contribution in [0.3, 0.4) is 0 Å². The lowest BCUT2D eigenvalue weighted by Crippen LogP contribution is -2.25. The van der Waals surface area contributed by atoms with E-state index in [2.05, 4.69) is 5.43 Å². The van der Waals surface area contributed by atoms with Gasteiger partial charge in [-0.05, 0) is 36.4 Å². The number of halogens is 3. The van der Waals surface area contributed by atoms with Crippen molar-refractivity contribution >= 4 is 11.8 Å². The maximum atomic E-state index is 12.0. The molecule has 1 aromatic carbocycles. The van der Waals surface area contributed by atoms with Crippen LogP contribution in [0.25, 0.3) is 0 Å². The summed E-state index contributed by atoms with van der Waals surface area (Å²) in [7, 11) is 0. The first-order chi connectivity index (χ1) is 6.92. The summed E-state index contributed by atoms with van der Waals surface area (Å²) in [6.45, 7) is 1.83. The van der Waals surface area contributed by atoms with Crippen LogP contribution in [0.15, 0.2) is 29.2 Å². The molecule has 0 amide bonds. The normalized spacial score (nSPS) is 13.9. The molecule has 84 valence electrons. The van der Waals surface area contributed by atoms with E-state index in [-0.39, 0.29) is 22.7 Å². The second-order valence-electron chi connectivity index (χ2n) is 3.01. The molecule has 3 N–H and O–H groups in total. The maximum absolute atomic E-state index is 12.0. The van der Waals surface area contributed by atoms with Gasteiger partial charge in [0.2, 0.25) is 0 Å². The summed E-state index contributed by atoms with van der Waals surface area (Å²) in [5.41, 5.74) is -0.866. The molecule has 0 aliphatic carbocycles. The van der Waals surface area contributed by atoms with Crippen molar-refractivity contribution in [1.29, 1.82) is 0 Å². The number of thioether (sulfide) groups is 1. The van der Waals surface area contributed by atoms with Crippen molar-refractivity contribution in [2.45, 2.75) is 23.4 Å². The molecule has 0 bridgehead atoms. The number of rotatable bonds is 3. The molecule has 0 saturated heterocycles. The molecule has 0 aliphatic rings. The van der Waals surface area contributed by atoms with Gasteiger partial charge in [0.05, 0.1) is 0 Å². The summed E-state index contributed by atoms with van der Waals surface area (Å²) in [5, 5.41) is 0. The van der Waals surface area contributed by atoms with Gasteiger partial charge in [0.25, 0.3) is 0 Å². The SMILES string of the molecule is C[C@H](NN)c1ccc(SC(F)(F)F)cc1. The molecule has 1 rings (SSSR count). The number of hydrogen-bond donors (Lipinski definition) is 2. The Morgan fingerprint density at radius 3 is 2.20 bits per heavy atom. The number of hydrogen-bond acceptors (Lipinski definition) is 3. The van der Waals surface area contributed by atoms with E-state index in [1.54, 1.807) is 12.1 Å². The van der Waals surface area contributed by atoms with E-state index in [1.807, 2.05) is 6.92 Å². The largest absolute Gasteiger partial charge is 0.446 e. The minimum Gasteiger partial charge on any atom is -0.271 e. The molecule has 0 heterocycles. The zero-order chi connectivity index (χ0) is 11.5. The first-order valence-electron chi connectivity index (χ1n) is 4.24. The van der Waals surface area contributed by atoms with Crippen LogP contribution in [0.2, 0.25) is 0 Å². The highest BCUT2D eigenvalue weighted by molar-refractivity contribution is 8.00. The molecule has 1 atom stereocenters. The van der Waals surface area contributed by atoms with Gasteiger partial charge in [0, 0.05) is 10.9 Å². The first-order valence-corrected chi connectivity index (χ1v) is 5.06. The highest BCUT2D eigenvalue weighted by Crippen LogP contribution is 2.36. The van der Waals surface area contributed by atoms with Crippen molar-refractivity contribution in [3.63, 3.8) is 0 Å². The Hall–Kier alpha value is -0.720. The van der Waals surface area contributed by atoms with Crippen LogP contribution in [-0.2, 0) is 0 Å². The smallest absolute Gasteiger partial charge is 0.271 e. The van der Waals surface area contributed by atoms with Gasteiger partial charge in [-0.3, -0.25) is 11.3 Å². The third-order valence-electron chi connectivity index (χ3n) is 1.86. The van der Waals surface area contributed by atoms with E-state index in [4.69, 9.17) is 5.84 Å². The summed E-state index contributed by atoms with van der Waals surface area (Å²) >= 11 is -0.123. The molecule has 6 heteroatoms. The van der Waals surface area contributed by atoms with E-state index in [0.717, 1.165) is 5.56 Å². The first kappa shape index (κ1) is 12.4. The van der Waals surface area contributed by atoms with Gasteiger partial charge < -0.3 is 0 Å². The van der Waals surface area contributed by atoms with Crippen LogP contribution >= 0.6 is 11.8 Å². The Morgan fingerprint density at radius 2 is 1.80 bits per heavy atom. The van der Waals surface area contributed by atoms with Crippen LogP contribution in [-0.4, -0.2) is 5.51 Å². The number of nitrogens with two attached hydrogens (primary N) is 1. The standard InChI is InChI=1S/C9H11F3N2S/c1-6(14-13)7-2-4-8(5-3-7)15-9(10,11)12/h2-6,14H,13H2,1H3/t6-/m0/s1. The van der Waals surface area contributed by atoms with Gasteiger partial charge in [-0.25, -0.2) is 0 Å².